The molecule has 0 saturated carbocycles. The molecule has 1 aliphatic rings. The number of likely N-dealkylation sites (N-methyl/N-ethyl adjacent to an activating group) is 1. The van der Waals surface area contributed by atoms with Gasteiger partial charge < -0.3 is 10.2 Å². The normalized spacial score (nSPS) is 18.5. The molecule has 0 aliphatic carbocycles. The van der Waals surface area contributed by atoms with E-state index in [0.29, 0.717) is 5.56 Å². The Labute approximate surface area is 149 Å². The average Bonchev–Trinajstić information content (AvgIpc) is 2.65. The zero-order valence-electron chi connectivity index (χ0n) is 14.9. The Bertz CT molecular complexity index is 669. The maximum Gasteiger partial charge on any atom is 0.253 e. The van der Waals surface area contributed by atoms with Gasteiger partial charge in [0, 0.05) is 44.6 Å². The van der Waals surface area contributed by atoms with E-state index >= 15 is 0 Å². The highest BCUT2D eigenvalue weighted by molar-refractivity contribution is 5.94. The Morgan fingerprint density at radius 1 is 1.08 bits per heavy atom. The van der Waals surface area contributed by atoms with Crippen molar-refractivity contribution in [2.45, 2.75) is 19.0 Å². The predicted octanol–water partition coefficient (Wildman–Crippen LogP) is 2.19. The van der Waals surface area contributed by atoms with Gasteiger partial charge in [-0.3, -0.25) is 14.7 Å². The molecule has 1 fully saturated rings. The Balaban J connectivity index is 1.77. The van der Waals surface area contributed by atoms with Crippen molar-refractivity contribution >= 4 is 5.91 Å². The van der Waals surface area contributed by atoms with Crippen LogP contribution in [-0.4, -0.2) is 60.0 Å². The van der Waals surface area contributed by atoms with Crippen LogP contribution in [0.25, 0.3) is 0 Å². The number of hydrogen-bond acceptors (Lipinski definition) is 4. The van der Waals surface area contributed by atoms with Crippen molar-refractivity contribution in [3.05, 3.63) is 66.0 Å². The summed E-state index contributed by atoms with van der Waals surface area (Å²) in [6.07, 6.45) is 3.28. The van der Waals surface area contributed by atoms with Crippen LogP contribution in [0.2, 0.25) is 0 Å². The number of pyridine rings is 1. The summed E-state index contributed by atoms with van der Waals surface area (Å²) in [6.45, 7) is 6.19. The first-order chi connectivity index (χ1) is 12.1. The smallest absolute Gasteiger partial charge is 0.253 e. The molecule has 132 valence electrons. The highest BCUT2D eigenvalue weighted by atomic mass is 16.1. The van der Waals surface area contributed by atoms with Crippen LogP contribution in [0, 0.1) is 0 Å². The summed E-state index contributed by atoms with van der Waals surface area (Å²) in [5, 5.41) is 3.17. The van der Waals surface area contributed by atoms with Crippen LogP contribution in [0.5, 0.6) is 0 Å². The molecule has 0 spiro atoms. The van der Waals surface area contributed by atoms with Crippen molar-refractivity contribution < 1.29 is 4.79 Å². The number of carbonyl (C=O) groups is 1. The standard InChI is InChI=1S/C20H26N4O/c1-16(22-20(25)18-9-6-10-21-15-18)19(17-7-4-3-5-8-17)24-13-11-23(2)12-14-24/h3-10,15-16,19H,11-14H2,1-2H3,(H,22,25)/t16-,19-/m1/s1. The summed E-state index contributed by atoms with van der Waals surface area (Å²) in [7, 11) is 2.16. The number of rotatable bonds is 5. The molecule has 3 rings (SSSR count). The van der Waals surface area contributed by atoms with Crippen molar-refractivity contribution in [1.82, 2.24) is 20.1 Å². The van der Waals surface area contributed by atoms with Crippen LogP contribution < -0.4 is 5.32 Å². The zero-order valence-corrected chi connectivity index (χ0v) is 14.9. The number of benzene rings is 1. The van der Waals surface area contributed by atoms with Crippen LogP contribution in [0.1, 0.15) is 28.9 Å². The number of piperazine rings is 1. The SMILES string of the molecule is C[C@@H](NC(=O)c1cccnc1)[C@H](c1ccccc1)N1CCN(C)CC1. The second-order valence-electron chi connectivity index (χ2n) is 6.70. The third-order valence-electron chi connectivity index (χ3n) is 4.83. The molecule has 1 aliphatic heterocycles. The van der Waals surface area contributed by atoms with Crippen LogP contribution >= 0.6 is 0 Å². The Morgan fingerprint density at radius 3 is 2.44 bits per heavy atom. The second-order valence-corrected chi connectivity index (χ2v) is 6.70. The summed E-state index contributed by atoms with van der Waals surface area (Å²) in [5.74, 6) is -0.0735. The highest BCUT2D eigenvalue weighted by Gasteiger charge is 2.29. The molecule has 2 atom stereocenters. The van der Waals surface area contributed by atoms with E-state index in [1.165, 1.54) is 5.56 Å². The van der Waals surface area contributed by atoms with E-state index in [1.807, 2.05) is 6.07 Å². The number of aromatic nitrogens is 1. The maximum atomic E-state index is 12.5. The number of hydrogen-bond donors (Lipinski definition) is 1. The summed E-state index contributed by atoms with van der Waals surface area (Å²) in [5.41, 5.74) is 1.84. The van der Waals surface area contributed by atoms with Gasteiger partial charge in [-0.25, -0.2) is 0 Å². The van der Waals surface area contributed by atoms with E-state index in [4.69, 9.17) is 0 Å². The lowest BCUT2D eigenvalue weighted by Crippen LogP contribution is -2.51. The minimum absolute atomic E-state index is 0.00138. The van der Waals surface area contributed by atoms with E-state index in [1.54, 1.807) is 24.5 Å². The first kappa shape index (κ1) is 17.6. The third-order valence-corrected chi connectivity index (χ3v) is 4.83. The lowest BCUT2D eigenvalue weighted by molar-refractivity contribution is 0.0791. The van der Waals surface area contributed by atoms with E-state index in [2.05, 4.69) is 58.3 Å². The molecule has 2 heterocycles. The monoisotopic (exact) mass is 338 g/mol. The van der Waals surface area contributed by atoms with Crippen LogP contribution in [0.4, 0.5) is 0 Å². The summed E-state index contributed by atoms with van der Waals surface area (Å²) in [6, 6.07) is 14.2. The number of amides is 1. The van der Waals surface area contributed by atoms with Crippen molar-refractivity contribution in [1.29, 1.82) is 0 Å². The number of carbonyl (C=O) groups excluding carboxylic acids is 1. The van der Waals surface area contributed by atoms with Crippen molar-refractivity contribution in [3.8, 4) is 0 Å². The van der Waals surface area contributed by atoms with Gasteiger partial charge in [0.1, 0.15) is 0 Å². The third kappa shape index (κ3) is 4.44. The van der Waals surface area contributed by atoms with E-state index in [9.17, 15) is 4.79 Å². The molecule has 1 aromatic carbocycles. The molecule has 25 heavy (non-hydrogen) atoms. The van der Waals surface area contributed by atoms with Gasteiger partial charge in [-0.1, -0.05) is 30.3 Å². The van der Waals surface area contributed by atoms with Gasteiger partial charge >= 0.3 is 0 Å². The molecule has 5 heteroatoms. The molecular formula is C20H26N4O. The summed E-state index contributed by atoms with van der Waals surface area (Å²) >= 11 is 0. The van der Waals surface area contributed by atoms with Crippen LogP contribution in [-0.2, 0) is 0 Å². The summed E-state index contributed by atoms with van der Waals surface area (Å²) in [4.78, 5) is 21.4. The fraction of sp³-hybridized carbons (Fsp3) is 0.400. The maximum absolute atomic E-state index is 12.5. The van der Waals surface area contributed by atoms with E-state index in [-0.39, 0.29) is 18.0 Å². The van der Waals surface area contributed by atoms with Crippen molar-refractivity contribution in [2.24, 2.45) is 0 Å². The summed E-state index contributed by atoms with van der Waals surface area (Å²) < 4.78 is 0. The number of nitrogens with one attached hydrogen (secondary N) is 1. The lowest BCUT2D eigenvalue weighted by Gasteiger charge is -2.41. The zero-order chi connectivity index (χ0) is 17.6. The Kier molecular flexibility index (Phi) is 5.79. The topological polar surface area (TPSA) is 48.5 Å². The molecule has 2 aromatic rings. The van der Waals surface area contributed by atoms with Gasteiger partial charge in [0.05, 0.1) is 11.6 Å². The van der Waals surface area contributed by atoms with Crippen molar-refractivity contribution in [3.63, 3.8) is 0 Å². The van der Waals surface area contributed by atoms with Crippen molar-refractivity contribution in [2.75, 3.05) is 33.2 Å². The molecule has 0 bridgehead atoms. The quantitative estimate of drug-likeness (QED) is 0.908. The fourth-order valence-electron chi connectivity index (χ4n) is 3.43. The molecule has 1 amide bonds. The highest BCUT2D eigenvalue weighted by Crippen LogP contribution is 2.25. The molecule has 1 aromatic heterocycles. The lowest BCUT2D eigenvalue weighted by atomic mass is 9.97. The van der Waals surface area contributed by atoms with E-state index < -0.39 is 0 Å². The Morgan fingerprint density at radius 2 is 1.80 bits per heavy atom. The molecular weight excluding hydrogens is 312 g/mol. The van der Waals surface area contributed by atoms with Gasteiger partial charge in [0.25, 0.3) is 5.91 Å². The average molecular weight is 338 g/mol. The molecule has 0 radical (unpaired) electrons. The minimum atomic E-state index is -0.0735. The van der Waals surface area contributed by atoms with Crippen LogP contribution in [0.3, 0.4) is 0 Å². The first-order valence-corrected chi connectivity index (χ1v) is 8.83. The molecule has 1 saturated heterocycles. The van der Waals surface area contributed by atoms with Gasteiger partial charge in [0.15, 0.2) is 0 Å². The van der Waals surface area contributed by atoms with Gasteiger partial charge in [0.2, 0.25) is 0 Å². The second kappa shape index (κ2) is 8.23. The minimum Gasteiger partial charge on any atom is -0.348 e. The largest absolute Gasteiger partial charge is 0.348 e. The number of nitrogens with zero attached hydrogens (tertiary/aromatic N) is 3. The Hall–Kier alpha value is -2.24. The molecule has 0 unspecified atom stereocenters. The van der Waals surface area contributed by atoms with Gasteiger partial charge in [-0.2, -0.15) is 0 Å². The first-order valence-electron chi connectivity index (χ1n) is 8.83. The molecule has 5 nitrogen and oxygen atoms in total. The van der Waals surface area contributed by atoms with E-state index in [0.717, 1.165) is 26.2 Å². The fourth-order valence-corrected chi connectivity index (χ4v) is 3.43. The van der Waals surface area contributed by atoms with Crippen LogP contribution in [0.15, 0.2) is 54.9 Å². The van der Waals surface area contributed by atoms with Gasteiger partial charge in [-0.05, 0) is 31.7 Å². The van der Waals surface area contributed by atoms with Gasteiger partial charge in [-0.15, -0.1) is 0 Å². The predicted molar refractivity (Wildman–Crippen MR) is 99.4 cm³/mol. The molecule has 1 N–H and O–H groups in total.